The summed E-state index contributed by atoms with van der Waals surface area (Å²) in [7, 11) is 0. The Morgan fingerprint density at radius 1 is 1.19 bits per heavy atom. The molecule has 0 aliphatic heterocycles. The van der Waals surface area contributed by atoms with Gasteiger partial charge in [-0.2, -0.15) is 9.78 Å². The molecule has 0 atom stereocenters. The number of aryl methyl sites for hydroxylation is 1. The van der Waals surface area contributed by atoms with Crippen LogP contribution in [0.4, 0.5) is 5.69 Å². The number of hydrogen-bond donors (Lipinski definition) is 0. The highest BCUT2D eigenvalue weighted by Gasteiger charge is 2.21. The van der Waals surface area contributed by atoms with Gasteiger partial charge in [0.15, 0.2) is 0 Å². The Balaban J connectivity index is 1.82. The van der Waals surface area contributed by atoms with E-state index in [9.17, 15) is 14.9 Å². The van der Waals surface area contributed by atoms with Crippen LogP contribution in [0.2, 0.25) is 10.0 Å². The van der Waals surface area contributed by atoms with Crippen LogP contribution < -0.4 is 10.3 Å². The number of nitro benzene ring substituents is 1. The highest BCUT2D eigenvalue weighted by molar-refractivity contribution is 9.10. The second kappa shape index (κ2) is 11.9. The van der Waals surface area contributed by atoms with Gasteiger partial charge < -0.3 is 4.74 Å². The maximum atomic E-state index is 13.4. The van der Waals surface area contributed by atoms with Crippen molar-refractivity contribution in [2.75, 3.05) is 0 Å². The Bertz CT molecular complexity index is 1570. The Morgan fingerprint density at radius 3 is 2.70 bits per heavy atom. The topological polar surface area (TPSA) is 99.6 Å². The molecule has 37 heavy (non-hydrogen) atoms. The first-order valence-corrected chi connectivity index (χ1v) is 12.9. The Hall–Kier alpha value is -3.27. The van der Waals surface area contributed by atoms with E-state index in [2.05, 4.69) is 26.0 Å². The highest BCUT2D eigenvalue weighted by atomic mass is 79.9. The van der Waals surface area contributed by atoms with E-state index < -0.39 is 4.92 Å². The Labute approximate surface area is 230 Å². The van der Waals surface area contributed by atoms with Gasteiger partial charge in [0.05, 0.1) is 22.0 Å². The SMILES string of the molecule is CCCCc1nc2ccc(Br)cc2c(=O)n1N=Cc1cc(Cl)cc([N+](=O)[O-])c1OCc1ccccc1Cl. The summed E-state index contributed by atoms with van der Waals surface area (Å²) in [6, 6.07) is 15.0. The lowest BCUT2D eigenvalue weighted by molar-refractivity contribution is -0.385. The van der Waals surface area contributed by atoms with E-state index in [0.717, 1.165) is 17.3 Å². The standard InChI is InChI=1S/C26H21BrCl2N4O4/c1-2-3-8-24-31-22-10-9-18(27)12-20(22)26(34)32(24)30-14-17-11-19(28)13-23(33(35)36)25(17)37-15-16-6-4-5-7-21(16)29/h4-7,9-14H,2-3,8,15H2,1H3. The largest absolute Gasteiger partial charge is 0.481 e. The predicted molar refractivity (Wildman–Crippen MR) is 149 cm³/mol. The van der Waals surface area contributed by atoms with Crippen molar-refractivity contribution in [1.82, 2.24) is 9.66 Å². The summed E-state index contributed by atoms with van der Waals surface area (Å²) in [4.78, 5) is 29.2. The molecule has 0 fully saturated rings. The van der Waals surface area contributed by atoms with E-state index >= 15 is 0 Å². The lowest BCUT2D eigenvalue weighted by atomic mass is 10.1. The first kappa shape index (κ1) is 26.8. The molecule has 0 aliphatic rings. The first-order chi connectivity index (χ1) is 17.8. The number of halogens is 3. The molecule has 0 unspecified atom stereocenters. The number of nitrogens with zero attached hydrogens (tertiary/aromatic N) is 4. The smallest absolute Gasteiger partial charge is 0.313 e. The molecule has 4 rings (SSSR count). The third-order valence-electron chi connectivity index (χ3n) is 5.53. The van der Waals surface area contributed by atoms with Gasteiger partial charge in [0.2, 0.25) is 5.75 Å². The monoisotopic (exact) mass is 602 g/mol. The molecule has 0 amide bonds. The van der Waals surface area contributed by atoms with Gasteiger partial charge in [-0.1, -0.05) is 70.7 Å². The van der Waals surface area contributed by atoms with Gasteiger partial charge >= 0.3 is 5.69 Å². The molecule has 0 spiro atoms. The Morgan fingerprint density at radius 2 is 1.97 bits per heavy atom. The van der Waals surface area contributed by atoms with Gasteiger partial charge in [-0.05, 0) is 36.8 Å². The van der Waals surface area contributed by atoms with Crippen molar-refractivity contribution in [2.24, 2.45) is 5.10 Å². The highest BCUT2D eigenvalue weighted by Crippen LogP contribution is 2.35. The lowest BCUT2D eigenvalue weighted by Crippen LogP contribution is -2.22. The van der Waals surface area contributed by atoms with Crippen molar-refractivity contribution in [3.05, 3.63) is 107 Å². The number of ether oxygens (including phenoxy) is 1. The maximum Gasteiger partial charge on any atom is 0.313 e. The molecule has 1 heterocycles. The van der Waals surface area contributed by atoms with Crippen LogP contribution in [0.15, 0.2) is 69.0 Å². The van der Waals surface area contributed by atoms with Crippen LogP contribution in [0.1, 0.15) is 36.7 Å². The summed E-state index contributed by atoms with van der Waals surface area (Å²) in [6.07, 6.45) is 3.56. The van der Waals surface area contributed by atoms with E-state index in [1.54, 1.807) is 36.4 Å². The minimum Gasteiger partial charge on any atom is -0.481 e. The zero-order valence-corrected chi connectivity index (χ0v) is 22.8. The number of unbranched alkanes of at least 4 members (excludes halogenated alkanes) is 1. The van der Waals surface area contributed by atoms with Gasteiger partial charge in [-0.25, -0.2) is 4.98 Å². The molecular weight excluding hydrogens is 583 g/mol. The molecule has 0 saturated carbocycles. The second-order valence-corrected chi connectivity index (χ2v) is 9.89. The van der Waals surface area contributed by atoms with Crippen LogP contribution in [-0.4, -0.2) is 20.8 Å². The van der Waals surface area contributed by atoms with Crippen LogP contribution in [0.25, 0.3) is 10.9 Å². The summed E-state index contributed by atoms with van der Waals surface area (Å²) in [5.74, 6) is 0.436. The summed E-state index contributed by atoms with van der Waals surface area (Å²) in [6.45, 7) is 2.02. The van der Waals surface area contributed by atoms with E-state index in [1.807, 2.05) is 13.0 Å². The van der Waals surface area contributed by atoms with Crippen molar-refractivity contribution < 1.29 is 9.66 Å². The van der Waals surface area contributed by atoms with E-state index in [0.29, 0.717) is 33.7 Å². The number of hydrogen-bond acceptors (Lipinski definition) is 6. The molecule has 8 nitrogen and oxygen atoms in total. The fourth-order valence-corrected chi connectivity index (χ4v) is 4.46. The fraction of sp³-hybridized carbons (Fsp3) is 0.192. The molecule has 0 bridgehead atoms. The number of nitro groups is 1. The maximum absolute atomic E-state index is 13.4. The van der Waals surface area contributed by atoms with Gasteiger partial charge in [0.25, 0.3) is 5.56 Å². The van der Waals surface area contributed by atoms with Gasteiger partial charge in [-0.15, -0.1) is 0 Å². The van der Waals surface area contributed by atoms with Crippen molar-refractivity contribution in [3.63, 3.8) is 0 Å². The van der Waals surface area contributed by atoms with Gasteiger partial charge in [0.1, 0.15) is 12.4 Å². The summed E-state index contributed by atoms with van der Waals surface area (Å²) < 4.78 is 7.82. The van der Waals surface area contributed by atoms with Crippen LogP contribution in [0.5, 0.6) is 5.75 Å². The van der Waals surface area contributed by atoms with Crippen molar-refractivity contribution in [1.29, 1.82) is 0 Å². The average Bonchev–Trinajstić information content (AvgIpc) is 2.87. The van der Waals surface area contributed by atoms with Crippen molar-refractivity contribution in [3.8, 4) is 5.75 Å². The zero-order chi connectivity index (χ0) is 26.5. The molecule has 0 aliphatic carbocycles. The molecule has 3 aromatic carbocycles. The zero-order valence-electron chi connectivity index (χ0n) is 19.7. The Kier molecular flexibility index (Phi) is 8.58. The van der Waals surface area contributed by atoms with Gasteiger partial charge in [0, 0.05) is 38.1 Å². The average molecular weight is 604 g/mol. The quantitative estimate of drug-likeness (QED) is 0.115. The molecule has 4 aromatic rings. The van der Waals surface area contributed by atoms with Gasteiger partial charge in [-0.3, -0.25) is 14.9 Å². The first-order valence-electron chi connectivity index (χ1n) is 11.4. The van der Waals surface area contributed by atoms with E-state index in [-0.39, 0.29) is 34.2 Å². The minimum atomic E-state index is -0.584. The van der Waals surface area contributed by atoms with Crippen LogP contribution in [-0.2, 0) is 13.0 Å². The normalized spacial score (nSPS) is 11.4. The molecule has 0 saturated heterocycles. The van der Waals surface area contributed by atoms with Crippen LogP contribution >= 0.6 is 39.1 Å². The molecule has 1 aromatic heterocycles. The minimum absolute atomic E-state index is 0.0176. The number of fused-ring (bicyclic) bond motifs is 1. The van der Waals surface area contributed by atoms with Crippen LogP contribution in [0, 0.1) is 10.1 Å². The van der Waals surface area contributed by atoms with E-state index in [1.165, 1.54) is 23.0 Å². The van der Waals surface area contributed by atoms with Crippen molar-refractivity contribution in [2.45, 2.75) is 32.8 Å². The second-order valence-electron chi connectivity index (χ2n) is 8.14. The molecule has 11 heteroatoms. The lowest BCUT2D eigenvalue weighted by Gasteiger charge is -2.12. The van der Waals surface area contributed by atoms with Crippen molar-refractivity contribution >= 4 is 61.9 Å². The third kappa shape index (κ3) is 6.18. The molecular formula is C26H21BrCl2N4O4. The third-order valence-corrected chi connectivity index (χ3v) is 6.61. The fourth-order valence-electron chi connectivity index (χ4n) is 3.68. The molecule has 190 valence electrons. The number of rotatable bonds is 9. The summed E-state index contributed by atoms with van der Waals surface area (Å²) >= 11 is 15.8. The van der Waals surface area contributed by atoms with Crippen LogP contribution in [0.3, 0.4) is 0 Å². The van der Waals surface area contributed by atoms with E-state index in [4.69, 9.17) is 27.9 Å². The number of aromatic nitrogens is 2. The number of benzene rings is 3. The summed E-state index contributed by atoms with van der Waals surface area (Å²) in [5.41, 5.74) is 0.754. The predicted octanol–water partition coefficient (Wildman–Crippen LogP) is 7.18. The summed E-state index contributed by atoms with van der Waals surface area (Å²) in [5, 5.41) is 17.2. The molecule has 0 radical (unpaired) electrons. The molecule has 0 N–H and O–H groups in total.